The van der Waals surface area contributed by atoms with Crippen molar-refractivity contribution in [1.82, 2.24) is 10.9 Å². The number of nitrogens with zero attached hydrogens (tertiary/aromatic N) is 2. The molecule has 2 amide bonds. The second-order valence-electron chi connectivity index (χ2n) is 7.74. The molecule has 0 heterocycles. The first kappa shape index (κ1) is 34.4. The van der Waals surface area contributed by atoms with Gasteiger partial charge in [-0.1, -0.05) is 112 Å². The summed E-state index contributed by atoms with van der Waals surface area (Å²) < 4.78 is 2.37. The quantitative estimate of drug-likeness (QED) is 0.138. The van der Waals surface area contributed by atoms with Gasteiger partial charge in [0, 0.05) is 29.0 Å². The standard InChI is InChI=1S/2C14H10Br2N2O2.Fe/c2*15-11-6-10(13(19)12(16)7-11)8-17-18-14(20)9-4-2-1-3-5-9;/h2*1-8,19H,(H,18,20);/q;;+2/p-2/b17-8+;17-8-;. The molecule has 0 aliphatic carbocycles. The average Bonchev–Trinajstić information content (AvgIpc) is 2.95. The first-order valence-electron chi connectivity index (χ1n) is 11.2. The van der Waals surface area contributed by atoms with Crippen LogP contribution in [-0.2, 0) is 17.1 Å². The zero-order valence-electron chi connectivity index (χ0n) is 20.6. The van der Waals surface area contributed by atoms with Crippen LogP contribution in [0.3, 0.4) is 0 Å². The molecule has 13 heteroatoms. The van der Waals surface area contributed by atoms with Crippen LogP contribution in [0.15, 0.2) is 113 Å². The van der Waals surface area contributed by atoms with Gasteiger partial charge in [0.25, 0.3) is 11.8 Å². The summed E-state index contributed by atoms with van der Waals surface area (Å²) in [6.45, 7) is 0. The van der Waals surface area contributed by atoms with Gasteiger partial charge in [0.15, 0.2) is 0 Å². The molecule has 0 spiro atoms. The molecular formula is C28H18Br4FeN4O4. The molecular weight excluding hydrogens is 832 g/mol. The molecule has 0 unspecified atom stereocenters. The second kappa shape index (κ2) is 17.2. The Balaban J connectivity index is 0.000000280. The first-order valence-corrected chi connectivity index (χ1v) is 14.4. The molecule has 0 radical (unpaired) electrons. The normalized spacial score (nSPS) is 10.4. The van der Waals surface area contributed by atoms with Crippen molar-refractivity contribution in [2.24, 2.45) is 10.2 Å². The van der Waals surface area contributed by atoms with Crippen LogP contribution in [0, 0.1) is 0 Å². The molecule has 0 aliphatic heterocycles. The van der Waals surface area contributed by atoms with Crippen LogP contribution in [0.1, 0.15) is 31.8 Å². The Morgan fingerprint density at radius 2 is 0.951 bits per heavy atom. The minimum Gasteiger partial charge on any atom is -0.871 e. The molecule has 0 saturated heterocycles. The minimum atomic E-state index is -0.330. The number of halogens is 4. The summed E-state index contributed by atoms with van der Waals surface area (Å²) in [6.07, 6.45) is 2.64. The van der Waals surface area contributed by atoms with E-state index in [1.165, 1.54) is 12.4 Å². The summed E-state index contributed by atoms with van der Waals surface area (Å²) in [5.41, 5.74) is 6.50. The molecule has 0 atom stereocenters. The molecule has 0 fully saturated rings. The molecule has 4 rings (SSSR count). The van der Waals surface area contributed by atoms with Gasteiger partial charge < -0.3 is 10.2 Å². The van der Waals surface area contributed by atoms with Gasteiger partial charge in [0.05, 0.1) is 12.4 Å². The van der Waals surface area contributed by atoms with E-state index >= 15 is 0 Å². The Labute approximate surface area is 280 Å². The number of nitrogens with one attached hydrogen (secondary N) is 2. The van der Waals surface area contributed by atoms with E-state index < -0.39 is 0 Å². The predicted molar refractivity (Wildman–Crippen MR) is 166 cm³/mol. The third-order valence-electron chi connectivity index (χ3n) is 4.89. The zero-order chi connectivity index (χ0) is 29.1. The second-order valence-corrected chi connectivity index (χ2v) is 11.3. The number of carbonyl (C=O) groups is 2. The smallest absolute Gasteiger partial charge is 0.871 e. The van der Waals surface area contributed by atoms with E-state index in [1.807, 2.05) is 12.1 Å². The van der Waals surface area contributed by atoms with Gasteiger partial charge in [-0.15, -0.1) is 0 Å². The van der Waals surface area contributed by atoms with E-state index in [0.717, 1.165) is 8.95 Å². The Hall–Kier alpha value is -2.80. The number of amides is 2. The van der Waals surface area contributed by atoms with Crippen LogP contribution in [0.5, 0.6) is 11.5 Å². The van der Waals surface area contributed by atoms with E-state index in [9.17, 15) is 19.8 Å². The van der Waals surface area contributed by atoms with Crippen LogP contribution in [0.25, 0.3) is 0 Å². The van der Waals surface area contributed by atoms with Crippen molar-refractivity contribution >= 4 is 88.0 Å². The Morgan fingerprint density at radius 1 is 0.610 bits per heavy atom. The summed E-state index contributed by atoms with van der Waals surface area (Å²) in [4.78, 5) is 23.5. The Morgan fingerprint density at radius 3 is 1.29 bits per heavy atom. The van der Waals surface area contributed by atoms with Gasteiger partial charge in [-0.25, -0.2) is 10.9 Å². The third kappa shape index (κ3) is 10.8. The number of hydrazone groups is 2. The van der Waals surface area contributed by atoms with Crippen molar-refractivity contribution in [3.63, 3.8) is 0 Å². The molecule has 0 bridgehead atoms. The van der Waals surface area contributed by atoms with Gasteiger partial charge in [-0.2, -0.15) is 10.2 Å². The van der Waals surface area contributed by atoms with E-state index in [2.05, 4.69) is 84.8 Å². The molecule has 0 saturated carbocycles. The maximum Gasteiger partial charge on any atom is 2.00 e. The van der Waals surface area contributed by atoms with E-state index in [1.54, 1.807) is 72.8 Å². The Kier molecular flexibility index (Phi) is 14.5. The predicted octanol–water partition coefficient (Wildman–Crippen LogP) is 6.10. The van der Waals surface area contributed by atoms with E-state index in [0.29, 0.717) is 31.2 Å². The van der Waals surface area contributed by atoms with Crippen molar-refractivity contribution in [2.45, 2.75) is 0 Å². The summed E-state index contributed by atoms with van der Waals surface area (Å²) in [5.74, 6) is -1.04. The fourth-order valence-corrected chi connectivity index (χ4v) is 5.50. The largest absolute Gasteiger partial charge is 2.00 e. The summed E-state index contributed by atoms with van der Waals surface area (Å²) in [5, 5.41) is 31.2. The molecule has 210 valence electrons. The number of rotatable bonds is 6. The number of hydrogen-bond acceptors (Lipinski definition) is 6. The van der Waals surface area contributed by atoms with Crippen molar-refractivity contribution < 1.29 is 36.9 Å². The zero-order valence-corrected chi connectivity index (χ0v) is 28.1. The number of hydrogen-bond donors (Lipinski definition) is 2. The van der Waals surface area contributed by atoms with Crippen molar-refractivity contribution in [2.75, 3.05) is 0 Å². The van der Waals surface area contributed by atoms with Crippen LogP contribution in [0.4, 0.5) is 0 Å². The fourth-order valence-electron chi connectivity index (χ4n) is 2.98. The summed E-state index contributed by atoms with van der Waals surface area (Å²) in [6, 6.07) is 24.0. The average molecular weight is 850 g/mol. The molecule has 0 aliphatic rings. The molecule has 4 aromatic carbocycles. The topological polar surface area (TPSA) is 129 Å². The molecule has 0 aromatic heterocycles. The van der Waals surface area contributed by atoms with E-state index in [4.69, 9.17) is 0 Å². The molecule has 8 nitrogen and oxygen atoms in total. The van der Waals surface area contributed by atoms with Crippen molar-refractivity contribution in [1.29, 1.82) is 0 Å². The SMILES string of the molecule is O=C(N/N=C/c1cc(Br)cc(Br)c1[O-])c1ccccc1.O=C(N/N=C\c1cc(Br)cc(Br)c1[O-])c1ccccc1.[Fe+2]. The van der Waals surface area contributed by atoms with Gasteiger partial charge in [0.2, 0.25) is 0 Å². The monoisotopic (exact) mass is 846 g/mol. The molecule has 4 aromatic rings. The fraction of sp³-hybridized carbons (Fsp3) is 0. The van der Waals surface area contributed by atoms with Crippen LogP contribution >= 0.6 is 63.7 Å². The summed E-state index contributed by atoms with van der Waals surface area (Å²) in [7, 11) is 0. The Bertz CT molecular complexity index is 1440. The molecule has 2 N–H and O–H groups in total. The van der Waals surface area contributed by atoms with Gasteiger partial charge >= 0.3 is 17.1 Å². The number of carbonyl (C=O) groups excluding carboxylic acids is 2. The third-order valence-corrected chi connectivity index (χ3v) is 6.98. The van der Waals surface area contributed by atoms with Crippen LogP contribution < -0.4 is 21.1 Å². The van der Waals surface area contributed by atoms with Crippen LogP contribution in [0.2, 0.25) is 0 Å². The van der Waals surface area contributed by atoms with Gasteiger partial charge in [0.1, 0.15) is 0 Å². The van der Waals surface area contributed by atoms with Gasteiger partial charge in [-0.05, 0) is 59.7 Å². The minimum absolute atomic E-state index is 0. The van der Waals surface area contributed by atoms with Gasteiger partial charge in [-0.3, -0.25) is 9.59 Å². The van der Waals surface area contributed by atoms with E-state index in [-0.39, 0.29) is 40.4 Å². The molecule has 41 heavy (non-hydrogen) atoms. The summed E-state index contributed by atoms with van der Waals surface area (Å²) >= 11 is 12.9. The van der Waals surface area contributed by atoms with Crippen molar-refractivity contribution in [3.05, 3.63) is 125 Å². The van der Waals surface area contributed by atoms with Crippen LogP contribution in [-0.4, -0.2) is 24.2 Å². The van der Waals surface area contributed by atoms with Crippen molar-refractivity contribution in [3.8, 4) is 11.5 Å². The first-order chi connectivity index (χ1) is 19.2. The maximum absolute atomic E-state index is 11.8. The number of benzene rings is 4. The maximum atomic E-state index is 11.8.